The first kappa shape index (κ1) is 40.3. The average Bonchev–Trinajstić information content (AvgIpc) is 4.19. The van der Waals surface area contributed by atoms with E-state index in [0.29, 0.717) is 11.8 Å². The second kappa shape index (κ2) is 15.3. The third-order valence-corrected chi connectivity index (χ3v) is 17.9. The molecule has 0 saturated heterocycles. The molecule has 4 bridgehead atoms. The van der Waals surface area contributed by atoms with E-state index in [1.54, 1.807) is 11.1 Å². The second-order valence-electron chi connectivity index (χ2n) is 21.3. The van der Waals surface area contributed by atoms with Crippen LogP contribution in [0.25, 0.3) is 88.4 Å². The molecule has 2 aromatic heterocycles. The second-order valence-corrected chi connectivity index (χ2v) is 21.3. The Morgan fingerprint density at radius 2 is 0.958 bits per heavy atom. The molecule has 5 aliphatic carbocycles. The van der Waals surface area contributed by atoms with E-state index in [1.165, 1.54) is 120 Å². The zero-order valence-electron chi connectivity index (χ0n) is 40.0. The highest BCUT2D eigenvalue weighted by Crippen LogP contribution is 2.73. The summed E-state index contributed by atoms with van der Waals surface area (Å²) < 4.78 is 4.89. The zero-order chi connectivity index (χ0) is 47.1. The topological polar surface area (TPSA) is 13.1 Å². The van der Waals surface area contributed by atoms with Gasteiger partial charge in [0, 0.05) is 49.7 Å². The molecule has 3 nitrogen and oxygen atoms in total. The molecule has 0 amide bonds. The molecule has 3 heteroatoms. The van der Waals surface area contributed by atoms with Crippen molar-refractivity contribution >= 4 is 60.7 Å². The van der Waals surface area contributed by atoms with Crippen LogP contribution in [0.15, 0.2) is 237 Å². The van der Waals surface area contributed by atoms with Gasteiger partial charge in [-0.05, 0) is 179 Å². The fourth-order valence-corrected chi connectivity index (χ4v) is 15.3. The van der Waals surface area contributed by atoms with Gasteiger partial charge in [-0.15, -0.1) is 0 Å². The van der Waals surface area contributed by atoms with Gasteiger partial charge in [-0.3, -0.25) is 0 Å². The van der Waals surface area contributed by atoms with Gasteiger partial charge in [-0.2, -0.15) is 0 Å². The lowest BCUT2D eigenvalue weighted by Crippen LogP contribution is -2.40. The van der Waals surface area contributed by atoms with Crippen molar-refractivity contribution in [3.63, 3.8) is 0 Å². The smallest absolute Gasteiger partial charge is 0.0562 e. The largest absolute Gasteiger partial charge is 0.310 e. The van der Waals surface area contributed by atoms with E-state index in [-0.39, 0.29) is 5.41 Å². The van der Waals surface area contributed by atoms with Crippen molar-refractivity contribution in [1.82, 2.24) is 9.13 Å². The van der Waals surface area contributed by atoms with Gasteiger partial charge in [0.2, 0.25) is 0 Å². The summed E-state index contributed by atoms with van der Waals surface area (Å²) in [6, 6.07) is 88.9. The van der Waals surface area contributed by atoms with Gasteiger partial charge in [-0.25, -0.2) is 0 Å². The van der Waals surface area contributed by atoms with Crippen LogP contribution in [-0.4, -0.2) is 9.13 Å². The van der Waals surface area contributed by atoms with E-state index < -0.39 is 0 Å². The van der Waals surface area contributed by atoms with Crippen LogP contribution < -0.4 is 4.90 Å². The molecule has 5 atom stereocenters. The number of anilines is 3. The van der Waals surface area contributed by atoms with Crippen LogP contribution in [0.2, 0.25) is 0 Å². The molecule has 12 aromatic rings. The maximum Gasteiger partial charge on any atom is 0.0562 e. The summed E-state index contributed by atoms with van der Waals surface area (Å²) in [5, 5.41) is 5.08. The molecule has 0 N–H and O–H groups in total. The van der Waals surface area contributed by atoms with Gasteiger partial charge in [0.15, 0.2) is 0 Å². The highest BCUT2D eigenvalue weighted by Gasteiger charge is 2.66. The van der Waals surface area contributed by atoms with Gasteiger partial charge in [-0.1, -0.05) is 152 Å². The Hall–Kier alpha value is -8.40. The Kier molecular flexibility index (Phi) is 8.57. The van der Waals surface area contributed by atoms with E-state index in [0.717, 1.165) is 23.2 Å². The minimum absolute atomic E-state index is 0.0204. The van der Waals surface area contributed by atoms with Crippen molar-refractivity contribution < 1.29 is 0 Å². The molecule has 342 valence electrons. The molecule has 5 aliphatic rings. The summed E-state index contributed by atoms with van der Waals surface area (Å²) in [6.07, 6.45) is 5.44. The molecule has 4 fully saturated rings. The van der Waals surface area contributed by atoms with E-state index in [9.17, 15) is 0 Å². The molecule has 5 unspecified atom stereocenters. The summed E-state index contributed by atoms with van der Waals surface area (Å²) >= 11 is 0. The van der Waals surface area contributed by atoms with Crippen molar-refractivity contribution in [3.8, 4) is 44.8 Å². The van der Waals surface area contributed by atoms with Crippen molar-refractivity contribution in [1.29, 1.82) is 0 Å². The van der Waals surface area contributed by atoms with E-state index >= 15 is 0 Å². The van der Waals surface area contributed by atoms with E-state index in [2.05, 4.69) is 251 Å². The molecule has 1 spiro atoms. The van der Waals surface area contributed by atoms with Gasteiger partial charge < -0.3 is 14.0 Å². The van der Waals surface area contributed by atoms with Crippen LogP contribution in [0.4, 0.5) is 17.1 Å². The Morgan fingerprint density at radius 1 is 0.375 bits per heavy atom. The molecule has 0 aliphatic heterocycles. The quantitative estimate of drug-likeness (QED) is 0.155. The number of aromatic nitrogens is 2. The first-order valence-electron chi connectivity index (χ1n) is 26.1. The number of hydrogen-bond acceptors (Lipinski definition) is 1. The molecule has 10 aromatic carbocycles. The Morgan fingerprint density at radius 3 is 1.72 bits per heavy atom. The molecular formula is C69H51N3. The number of hydrogen-bond donors (Lipinski definition) is 0. The van der Waals surface area contributed by atoms with Crippen LogP contribution in [0.3, 0.4) is 0 Å². The first-order chi connectivity index (χ1) is 35.7. The van der Waals surface area contributed by atoms with Gasteiger partial charge in [0.25, 0.3) is 0 Å². The third kappa shape index (κ3) is 5.62. The standard InChI is InChI=1S/C69H51N3/c1-3-15-45(16-4-1)46-29-32-52(33-30-46)70(66-27-14-28-67-68(66)58-23-9-12-26-65(58)71(67)51-18-5-2-6-19-51)54-34-36-60-59(43-54)55-35-31-48(42-62(55)69(60)50-38-44-37-49(40-50)61(69)39-44)47-17-13-20-53(41-47)72-63-24-10-7-21-56(63)57-22-8-11-25-64(57)72/h1-36,41-44,49-50,61H,37-40H2. The van der Waals surface area contributed by atoms with Crippen molar-refractivity contribution in [2.75, 3.05) is 4.90 Å². The fraction of sp³-hybridized carbons (Fsp3) is 0.130. The third-order valence-electron chi connectivity index (χ3n) is 17.9. The number of nitrogens with zero attached hydrogens (tertiary/aromatic N) is 3. The van der Waals surface area contributed by atoms with Crippen LogP contribution in [0.5, 0.6) is 0 Å². The minimum atomic E-state index is 0.0204. The summed E-state index contributed by atoms with van der Waals surface area (Å²) in [5.74, 6) is 3.00. The Balaban J connectivity index is 0.892. The van der Waals surface area contributed by atoms with E-state index in [4.69, 9.17) is 0 Å². The molecular weight excluding hydrogens is 871 g/mol. The van der Waals surface area contributed by atoms with E-state index in [1.807, 2.05) is 0 Å². The van der Waals surface area contributed by atoms with Crippen LogP contribution in [0.1, 0.15) is 36.8 Å². The SMILES string of the molecule is c1ccc(-c2ccc(N(c3ccc4c(c3)-c3ccc(-c5cccc(-n6c7ccccc7c7ccccc76)c5)cc3C43C4CC5CC(C4)C3C5)c3cccc4c3c3ccccc3n4-c3ccccc3)cc2)cc1. The monoisotopic (exact) mass is 921 g/mol. The fourth-order valence-electron chi connectivity index (χ4n) is 15.3. The zero-order valence-corrected chi connectivity index (χ0v) is 40.0. The Labute approximate surface area is 419 Å². The van der Waals surface area contributed by atoms with Crippen molar-refractivity contribution in [2.45, 2.75) is 31.1 Å². The normalized spacial score (nSPS) is 20.3. The average molecular weight is 922 g/mol. The van der Waals surface area contributed by atoms with Crippen LogP contribution >= 0.6 is 0 Å². The lowest BCUT2D eigenvalue weighted by molar-refractivity contribution is 0.191. The van der Waals surface area contributed by atoms with Gasteiger partial charge in [0.05, 0.1) is 27.8 Å². The number of fused-ring (bicyclic) bond motifs is 9. The number of benzene rings is 10. The molecule has 4 saturated carbocycles. The molecule has 72 heavy (non-hydrogen) atoms. The maximum atomic E-state index is 2.65. The molecule has 17 rings (SSSR count). The number of para-hydroxylation sites is 4. The Bertz CT molecular complexity index is 4080. The summed E-state index contributed by atoms with van der Waals surface area (Å²) in [4.78, 5) is 2.55. The van der Waals surface area contributed by atoms with Crippen LogP contribution in [-0.2, 0) is 5.41 Å². The van der Waals surface area contributed by atoms with Gasteiger partial charge >= 0.3 is 0 Å². The number of rotatable bonds is 7. The summed E-state index contributed by atoms with van der Waals surface area (Å²) in [5.41, 5.74) is 21.8. The maximum absolute atomic E-state index is 2.65. The van der Waals surface area contributed by atoms with Crippen LogP contribution in [0, 0.1) is 23.7 Å². The predicted molar refractivity (Wildman–Crippen MR) is 299 cm³/mol. The molecule has 0 radical (unpaired) electrons. The van der Waals surface area contributed by atoms with Crippen molar-refractivity contribution in [3.05, 3.63) is 248 Å². The van der Waals surface area contributed by atoms with Gasteiger partial charge in [0.1, 0.15) is 0 Å². The first-order valence-corrected chi connectivity index (χ1v) is 26.1. The lowest BCUT2D eigenvalue weighted by atomic mass is 9.59. The lowest BCUT2D eigenvalue weighted by Gasteiger charge is -2.44. The summed E-state index contributed by atoms with van der Waals surface area (Å²) in [6.45, 7) is 0. The predicted octanol–water partition coefficient (Wildman–Crippen LogP) is 18.0. The van der Waals surface area contributed by atoms with Crippen molar-refractivity contribution in [2.24, 2.45) is 23.7 Å². The highest BCUT2D eigenvalue weighted by molar-refractivity contribution is 6.17. The summed E-state index contributed by atoms with van der Waals surface area (Å²) in [7, 11) is 0. The molecule has 2 heterocycles. The highest BCUT2D eigenvalue weighted by atomic mass is 15.1. The minimum Gasteiger partial charge on any atom is -0.310 e.